The highest BCUT2D eigenvalue weighted by Crippen LogP contribution is 2.43. The number of ether oxygens (including phenoxy) is 2. The summed E-state index contributed by atoms with van der Waals surface area (Å²) in [6.45, 7) is 2.72. The molecule has 0 fully saturated rings. The van der Waals surface area contributed by atoms with Gasteiger partial charge < -0.3 is 25.2 Å². The van der Waals surface area contributed by atoms with Crippen LogP contribution in [0.1, 0.15) is 155 Å². The SMILES string of the molecule is CCCCCCCC/C=C/CCCCCC(=O)O[C@H](COC(=O)CCCCCCCCCCC)COP(=O)(O)OC[C@H](N)C(=O)O. The first-order chi connectivity index (χ1) is 22.1. The van der Waals surface area contributed by atoms with Gasteiger partial charge in [-0.2, -0.15) is 0 Å². The number of carboxylic acid groups (broad SMARTS) is 1. The molecule has 0 saturated carbocycles. The molecule has 3 atom stereocenters. The Balaban J connectivity index is 4.50. The van der Waals surface area contributed by atoms with Crippen LogP contribution in [0.15, 0.2) is 12.2 Å². The number of aliphatic carboxylic acids is 1. The summed E-state index contributed by atoms with van der Waals surface area (Å²) in [6, 6.07) is -1.52. The Hall–Kier alpha value is -1.78. The maximum absolute atomic E-state index is 12.5. The monoisotopic (exact) mass is 677 g/mol. The van der Waals surface area contributed by atoms with Gasteiger partial charge in [-0.25, -0.2) is 4.57 Å². The fourth-order valence-electron chi connectivity index (χ4n) is 4.65. The van der Waals surface area contributed by atoms with E-state index in [1.54, 1.807) is 0 Å². The molecule has 0 amide bonds. The Morgan fingerprint density at radius 2 is 1.09 bits per heavy atom. The van der Waals surface area contributed by atoms with E-state index in [1.807, 2.05) is 0 Å². The van der Waals surface area contributed by atoms with Gasteiger partial charge in [0.2, 0.25) is 0 Å². The number of carboxylic acids is 1. The molecule has 0 bridgehead atoms. The van der Waals surface area contributed by atoms with Crippen molar-refractivity contribution in [1.29, 1.82) is 0 Å². The highest BCUT2D eigenvalue weighted by molar-refractivity contribution is 7.47. The van der Waals surface area contributed by atoms with Crippen molar-refractivity contribution >= 4 is 25.7 Å². The number of rotatable bonds is 33. The van der Waals surface area contributed by atoms with Gasteiger partial charge in [0.1, 0.15) is 12.6 Å². The average Bonchev–Trinajstić information content (AvgIpc) is 3.02. The summed E-state index contributed by atoms with van der Waals surface area (Å²) in [7, 11) is -4.70. The smallest absolute Gasteiger partial charge is 0.472 e. The molecule has 1 unspecified atom stereocenters. The molecule has 12 heteroatoms. The van der Waals surface area contributed by atoms with E-state index in [-0.39, 0.29) is 19.4 Å². The van der Waals surface area contributed by atoms with Gasteiger partial charge in [0, 0.05) is 12.8 Å². The van der Waals surface area contributed by atoms with Crippen LogP contribution in [0.3, 0.4) is 0 Å². The molecule has 0 heterocycles. The van der Waals surface area contributed by atoms with Crippen molar-refractivity contribution in [3.05, 3.63) is 12.2 Å². The number of hydrogen-bond donors (Lipinski definition) is 3. The lowest BCUT2D eigenvalue weighted by Crippen LogP contribution is -2.34. The van der Waals surface area contributed by atoms with Crippen LogP contribution in [0.5, 0.6) is 0 Å². The number of carbonyl (C=O) groups excluding carboxylic acids is 2. The Labute approximate surface area is 278 Å². The molecule has 0 aliphatic carbocycles. The van der Waals surface area contributed by atoms with Gasteiger partial charge in [-0.1, -0.05) is 116 Å². The fraction of sp³-hybridized carbons (Fsp3) is 0.853. The van der Waals surface area contributed by atoms with E-state index in [9.17, 15) is 23.8 Å². The summed E-state index contributed by atoms with van der Waals surface area (Å²) in [5, 5.41) is 8.83. The molecule has 0 rings (SSSR count). The molecule has 0 spiro atoms. The largest absolute Gasteiger partial charge is 0.480 e. The fourth-order valence-corrected chi connectivity index (χ4v) is 5.42. The van der Waals surface area contributed by atoms with Crippen LogP contribution in [-0.4, -0.2) is 59.9 Å². The molecule has 46 heavy (non-hydrogen) atoms. The van der Waals surface area contributed by atoms with Crippen LogP contribution in [0.2, 0.25) is 0 Å². The van der Waals surface area contributed by atoms with Crippen LogP contribution >= 0.6 is 7.82 Å². The zero-order valence-electron chi connectivity index (χ0n) is 28.7. The Morgan fingerprint density at radius 3 is 1.61 bits per heavy atom. The third-order valence-corrected chi connectivity index (χ3v) is 8.46. The van der Waals surface area contributed by atoms with E-state index < -0.39 is 51.1 Å². The van der Waals surface area contributed by atoms with Crippen LogP contribution in [-0.2, 0) is 37.5 Å². The number of allylic oxidation sites excluding steroid dienone is 2. The lowest BCUT2D eigenvalue weighted by Gasteiger charge is -2.20. The van der Waals surface area contributed by atoms with E-state index in [0.717, 1.165) is 44.9 Å². The molecule has 270 valence electrons. The number of nitrogens with two attached hydrogens (primary N) is 1. The van der Waals surface area contributed by atoms with E-state index in [4.69, 9.17) is 24.8 Å². The molecule has 0 radical (unpaired) electrons. The topological polar surface area (TPSA) is 172 Å². The molecule has 0 aromatic heterocycles. The molecular formula is C34H64NO10P. The van der Waals surface area contributed by atoms with Crippen molar-refractivity contribution in [3.8, 4) is 0 Å². The van der Waals surface area contributed by atoms with Crippen molar-refractivity contribution in [2.75, 3.05) is 19.8 Å². The number of unbranched alkanes of at least 4 members (excludes halogenated alkanes) is 17. The maximum Gasteiger partial charge on any atom is 0.472 e. The van der Waals surface area contributed by atoms with Gasteiger partial charge in [-0.05, 0) is 38.5 Å². The minimum atomic E-state index is -4.70. The Morgan fingerprint density at radius 1 is 0.652 bits per heavy atom. The summed E-state index contributed by atoms with van der Waals surface area (Å²) >= 11 is 0. The standard InChI is InChI=1S/C34H64NO10P/c1-3-5-7-9-11-13-14-15-16-18-20-22-24-26-33(37)45-30(28-43-46(40,41)44-29-31(35)34(38)39)27-42-32(36)25-23-21-19-17-12-10-8-6-4-2/h15-16,30-31H,3-14,17-29,35H2,1-2H3,(H,38,39)(H,40,41)/b16-15+/t30-,31+/m1/s1. The normalized spacial score (nSPS) is 14.2. The second kappa shape index (κ2) is 30.5. The van der Waals surface area contributed by atoms with Crippen molar-refractivity contribution in [2.45, 2.75) is 167 Å². The van der Waals surface area contributed by atoms with Gasteiger partial charge in [0.15, 0.2) is 6.10 Å². The van der Waals surface area contributed by atoms with Gasteiger partial charge in [-0.15, -0.1) is 0 Å². The second-order valence-corrected chi connectivity index (χ2v) is 13.5. The summed E-state index contributed by atoms with van der Waals surface area (Å²) in [5.74, 6) is -2.40. The Kier molecular flexibility index (Phi) is 29.4. The zero-order chi connectivity index (χ0) is 34.3. The lowest BCUT2D eigenvalue weighted by atomic mass is 10.1. The average molecular weight is 678 g/mol. The lowest BCUT2D eigenvalue weighted by molar-refractivity contribution is -0.161. The molecule has 0 saturated heterocycles. The molecular weight excluding hydrogens is 613 g/mol. The summed E-state index contributed by atoms with van der Waals surface area (Å²) in [6.07, 6.45) is 25.8. The summed E-state index contributed by atoms with van der Waals surface area (Å²) in [5.41, 5.74) is 5.30. The number of hydrogen-bond acceptors (Lipinski definition) is 9. The molecule has 0 aromatic rings. The van der Waals surface area contributed by atoms with Gasteiger partial charge in [0.05, 0.1) is 13.2 Å². The molecule has 0 aliphatic heterocycles. The Bertz CT molecular complexity index is 854. The first-order valence-electron chi connectivity index (χ1n) is 17.7. The van der Waals surface area contributed by atoms with E-state index in [2.05, 4.69) is 30.5 Å². The number of phosphoric acid groups is 1. The molecule has 11 nitrogen and oxygen atoms in total. The minimum absolute atomic E-state index is 0.144. The van der Waals surface area contributed by atoms with Crippen molar-refractivity contribution in [2.24, 2.45) is 5.73 Å². The van der Waals surface area contributed by atoms with Crippen molar-refractivity contribution in [1.82, 2.24) is 0 Å². The van der Waals surface area contributed by atoms with Crippen LogP contribution in [0.25, 0.3) is 0 Å². The van der Waals surface area contributed by atoms with Gasteiger partial charge >= 0.3 is 25.7 Å². The summed E-state index contributed by atoms with van der Waals surface area (Å²) in [4.78, 5) is 45.5. The number of esters is 2. The predicted octanol–water partition coefficient (Wildman–Crippen LogP) is 8.17. The second-order valence-electron chi connectivity index (χ2n) is 12.0. The summed E-state index contributed by atoms with van der Waals surface area (Å²) < 4.78 is 32.4. The molecule has 0 aliphatic rings. The first-order valence-corrected chi connectivity index (χ1v) is 19.2. The maximum atomic E-state index is 12.5. The van der Waals surface area contributed by atoms with Crippen LogP contribution < -0.4 is 5.73 Å². The van der Waals surface area contributed by atoms with E-state index >= 15 is 0 Å². The van der Waals surface area contributed by atoms with Gasteiger partial charge in [-0.3, -0.25) is 23.4 Å². The number of phosphoric ester groups is 1. The third kappa shape index (κ3) is 29.6. The van der Waals surface area contributed by atoms with Gasteiger partial charge in [0.25, 0.3) is 0 Å². The molecule has 4 N–H and O–H groups in total. The predicted molar refractivity (Wildman–Crippen MR) is 180 cm³/mol. The van der Waals surface area contributed by atoms with E-state index in [1.165, 1.54) is 70.6 Å². The highest BCUT2D eigenvalue weighted by Gasteiger charge is 2.28. The van der Waals surface area contributed by atoms with Crippen LogP contribution in [0, 0.1) is 0 Å². The van der Waals surface area contributed by atoms with Crippen LogP contribution in [0.4, 0.5) is 0 Å². The number of carbonyl (C=O) groups is 3. The molecule has 0 aromatic carbocycles. The highest BCUT2D eigenvalue weighted by atomic mass is 31.2. The third-order valence-electron chi connectivity index (χ3n) is 7.51. The van der Waals surface area contributed by atoms with Crippen molar-refractivity contribution in [3.63, 3.8) is 0 Å². The minimum Gasteiger partial charge on any atom is -0.480 e. The van der Waals surface area contributed by atoms with Crippen molar-refractivity contribution < 1.29 is 47.5 Å². The quantitative estimate of drug-likeness (QED) is 0.0265. The zero-order valence-corrected chi connectivity index (χ0v) is 29.6. The first kappa shape index (κ1) is 44.2. The van der Waals surface area contributed by atoms with E-state index in [0.29, 0.717) is 12.8 Å².